The molecular weight excluding hydrogens is 366 g/mol. The standard InChI is InChI=1S/C27H17N3/c28-16-21-15-20(13-14-29-21)24-5-2-6-25(30-24)22-11-9-19-8-7-17-3-1-4-18-10-12-23(22)27(19)26(17)18/h1-15,24,30H. The first-order chi connectivity index (χ1) is 14.8. The average Bonchev–Trinajstić information content (AvgIpc) is 2.82. The first kappa shape index (κ1) is 16.8. The largest absolute Gasteiger partial charge is 0.374 e. The van der Waals surface area contributed by atoms with E-state index in [2.05, 4.69) is 89.2 Å². The number of rotatable bonds is 2. The summed E-state index contributed by atoms with van der Waals surface area (Å²) in [6, 6.07) is 25.7. The third-order valence-corrected chi connectivity index (χ3v) is 5.95. The maximum absolute atomic E-state index is 9.18. The average molecular weight is 383 g/mol. The van der Waals surface area contributed by atoms with Crippen LogP contribution in [0.25, 0.3) is 38.0 Å². The topological polar surface area (TPSA) is 48.7 Å². The van der Waals surface area contributed by atoms with Crippen LogP contribution >= 0.6 is 0 Å². The minimum Gasteiger partial charge on any atom is -0.374 e. The Balaban J connectivity index is 1.50. The summed E-state index contributed by atoms with van der Waals surface area (Å²) in [5.41, 5.74) is 3.73. The zero-order valence-electron chi connectivity index (χ0n) is 16.1. The van der Waals surface area contributed by atoms with Gasteiger partial charge < -0.3 is 5.32 Å². The molecule has 140 valence electrons. The normalized spacial score (nSPS) is 16.0. The highest BCUT2D eigenvalue weighted by molar-refractivity contribution is 6.24. The first-order valence-corrected chi connectivity index (χ1v) is 10.00. The summed E-state index contributed by atoms with van der Waals surface area (Å²) in [5.74, 6) is 0. The van der Waals surface area contributed by atoms with Crippen LogP contribution in [0.1, 0.15) is 22.9 Å². The Kier molecular flexibility index (Phi) is 3.60. The Bertz CT molecular complexity index is 1520. The van der Waals surface area contributed by atoms with E-state index in [1.165, 1.54) is 37.9 Å². The molecule has 0 radical (unpaired) electrons. The number of allylic oxidation sites excluding steroid dienone is 2. The number of nitriles is 1. The minimum atomic E-state index is -0.00125. The van der Waals surface area contributed by atoms with E-state index >= 15 is 0 Å². The molecule has 1 unspecified atom stereocenters. The molecule has 1 aromatic heterocycles. The second-order valence-electron chi connectivity index (χ2n) is 7.64. The maximum Gasteiger partial charge on any atom is 0.140 e. The van der Waals surface area contributed by atoms with E-state index in [0.717, 1.165) is 11.3 Å². The molecule has 1 aliphatic rings. The van der Waals surface area contributed by atoms with Crippen molar-refractivity contribution in [3.05, 3.63) is 108 Å². The summed E-state index contributed by atoms with van der Waals surface area (Å²) in [6.45, 7) is 0. The van der Waals surface area contributed by atoms with Crippen molar-refractivity contribution in [2.75, 3.05) is 0 Å². The van der Waals surface area contributed by atoms with Crippen molar-refractivity contribution < 1.29 is 0 Å². The fraction of sp³-hybridized carbons (Fsp3) is 0.0370. The van der Waals surface area contributed by atoms with E-state index in [-0.39, 0.29) is 6.04 Å². The zero-order valence-corrected chi connectivity index (χ0v) is 16.1. The van der Waals surface area contributed by atoms with Crippen molar-refractivity contribution in [1.29, 1.82) is 5.26 Å². The van der Waals surface area contributed by atoms with E-state index in [1.807, 2.05) is 12.1 Å². The lowest BCUT2D eigenvalue weighted by Crippen LogP contribution is -2.20. The number of benzene rings is 4. The lowest BCUT2D eigenvalue weighted by molar-refractivity contribution is 0.762. The number of dihydropyridines is 1. The molecule has 0 saturated heterocycles. The maximum atomic E-state index is 9.18. The number of nitrogens with zero attached hydrogens (tertiary/aromatic N) is 2. The van der Waals surface area contributed by atoms with Crippen LogP contribution in [-0.4, -0.2) is 4.98 Å². The van der Waals surface area contributed by atoms with Gasteiger partial charge in [0.15, 0.2) is 0 Å². The molecule has 4 aromatic carbocycles. The summed E-state index contributed by atoms with van der Waals surface area (Å²) in [4.78, 5) is 4.09. The lowest BCUT2D eigenvalue weighted by Gasteiger charge is -2.24. The van der Waals surface area contributed by atoms with Crippen molar-refractivity contribution in [3.63, 3.8) is 0 Å². The Hall–Kier alpha value is -4.16. The molecule has 3 nitrogen and oxygen atoms in total. The molecule has 2 heterocycles. The summed E-state index contributed by atoms with van der Waals surface area (Å²) < 4.78 is 0. The minimum absolute atomic E-state index is 0.00125. The van der Waals surface area contributed by atoms with Crippen molar-refractivity contribution in [2.24, 2.45) is 0 Å². The highest BCUT2D eigenvalue weighted by Crippen LogP contribution is 2.38. The molecule has 5 aromatic rings. The van der Waals surface area contributed by atoms with Crippen LogP contribution in [0.4, 0.5) is 0 Å². The summed E-state index contributed by atoms with van der Waals surface area (Å²) in [7, 11) is 0. The Morgan fingerprint density at radius 3 is 2.47 bits per heavy atom. The number of pyridine rings is 1. The van der Waals surface area contributed by atoms with Gasteiger partial charge in [-0.05, 0) is 56.1 Å². The number of hydrogen-bond acceptors (Lipinski definition) is 3. The molecule has 6 rings (SSSR count). The second kappa shape index (κ2) is 6.43. The molecule has 0 aliphatic carbocycles. The van der Waals surface area contributed by atoms with E-state index in [0.29, 0.717) is 5.69 Å². The molecule has 0 fully saturated rings. The molecule has 0 bridgehead atoms. The van der Waals surface area contributed by atoms with E-state index in [1.54, 1.807) is 6.20 Å². The second-order valence-corrected chi connectivity index (χ2v) is 7.64. The van der Waals surface area contributed by atoms with Gasteiger partial charge in [-0.25, -0.2) is 4.98 Å². The van der Waals surface area contributed by atoms with Crippen LogP contribution in [-0.2, 0) is 0 Å². The van der Waals surface area contributed by atoms with E-state index in [4.69, 9.17) is 0 Å². The smallest absolute Gasteiger partial charge is 0.140 e. The predicted molar refractivity (Wildman–Crippen MR) is 122 cm³/mol. The van der Waals surface area contributed by atoms with Crippen molar-refractivity contribution in [3.8, 4) is 6.07 Å². The molecule has 3 heteroatoms. The quantitative estimate of drug-likeness (QED) is 0.375. The van der Waals surface area contributed by atoms with Gasteiger partial charge in [0.25, 0.3) is 0 Å². The van der Waals surface area contributed by atoms with Crippen LogP contribution in [0.2, 0.25) is 0 Å². The van der Waals surface area contributed by atoms with Crippen molar-refractivity contribution in [2.45, 2.75) is 6.04 Å². The summed E-state index contributed by atoms with van der Waals surface area (Å²) in [6.07, 6.45) is 8.00. The van der Waals surface area contributed by atoms with Gasteiger partial charge in [-0.15, -0.1) is 0 Å². The summed E-state index contributed by atoms with van der Waals surface area (Å²) >= 11 is 0. The van der Waals surface area contributed by atoms with Gasteiger partial charge in [-0.1, -0.05) is 66.7 Å². The Labute approximate surface area is 173 Å². The van der Waals surface area contributed by atoms with Gasteiger partial charge in [-0.2, -0.15) is 5.26 Å². The molecule has 0 amide bonds. The third-order valence-electron chi connectivity index (χ3n) is 5.95. The summed E-state index contributed by atoms with van der Waals surface area (Å²) in [5, 5.41) is 20.5. The molecule has 0 spiro atoms. The van der Waals surface area contributed by atoms with Crippen LogP contribution in [0.5, 0.6) is 0 Å². The first-order valence-electron chi connectivity index (χ1n) is 10.00. The Morgan fingerprint density at radius 1 is 0.867 bits per heavy atom. The SMILES string of the molecule is N#Cc1cc(C2C=CC=C(c3ccc4ccc5cccc6ccc3c4c56)N2)ccn1. The van der Waals surface area contributed by atoms with Crippen molar-refractivity contribution in [1.82, 2.24) is 10.3 Å². The predicted octanol–water partition coefficient (Wildman–Crippen LogP) is 6.09. The van der Waals surface area contributed by atoms with Crippen LogP contribution in [0, 0.1) is 11.3 Å². The lowest BCUT2D eigenvalue weighted by atomic mass is 9.90. The van der Waals surface area contributed by atoms with Gasteiger partial charge in [0.2, 0.25) is 0 Å². The van der Waals surface area contributed by atoms with Gasteiger partial charge in [-0.3, -0.25) is 0 Å². The number of aromatic nitrogens is 1. The van der Waals surface area contributed by atoms with Gasteiger partial charge >= 0.3 is 0 Å². The highest BCUT2D eigenvalue weighted by atomic mass is 14.9. The van der Waals surface area contributed by atoms with Crippen LogP contribution in [0.3, 0.4) is 0 Å². The van der Waals surface area contributed by atoms with Gasteiger partial charge in [0.1, 0.15) is 11.8 Å². The molecule has 30 heavy (non-hydrogen) atoms. The fourth-order valence-corrected chi connectivity index (χ4v) is 4.56. The molecule has 1 aliphatic heterocycles. The Morgan fingerprint density at radius 2 is 1.63 bits per heavy atom. The molecule has 0 saturated carbocycles. The molecule has 1 N–H and O–H groups in total. The van der Waals surface area contributed by atoms with Gasteiger partial charge in [0, 0.05) is 17.5 Å². The zero-order chi connectivity index (χ0) is 20.1. The van der Waals surface area contributed by atoms with Crippen LogP contribution in [0.15, 0.2) is 91.2 Å². The van der Waals surface area contributed by atoms with Crippen molar-refractivity contribution >= 4 is 38.0 Å². The number of nitrogens with one attached hydrogen (secondary N) is 1. The third kappa shape index (κ3) is 2.48. The molecule has 1 atom stereocenters. The van der Waals surface area contributed by atoms with E-state index in [9.17, 15) is 5.26 Å². The van der Waals surface area contributed by atoms with E-state index < -0.39 is 0 Å². The highest BCUT2D eigenvalue weighted by Gasteiger charge is 2.17. The molecular formula is C27H17N3. The number of hydrogen-bond donors (Lipinski definition) is 1. The van der Waals surface area contributed by atoms with Gasteiger partial charge in [0.05, 0.1) is 6.04 Å². The van der Waals surface area contributed by atoms with Crippen LogP contribution < -0.4 is 5.32 Å². The monoisotopic (exact) mass is 383 g/mol. The fourth-order valence-electron chi connectivity index (χ4n) is 4.56.